The number of rotatable bonds is 6. The minimum absolute atomic E-state index is 0.388. The molecule has 102 valence electrons. The first-order valence-corrected chi connectivity index (χ1v) is 6.25. The van der Waals surface area contributed by atoms with Crippen molar-refractivity contribution in [1.82, 2.24) is 5.32 Å². The van der Waals surface area contributed by atoms with Crippen LogP contribution in [0.3, 0.4) is 0 Å². The van der Waals surface area contributed by atoms with Gasteiger partial charge in [-0.05, 0) is 24.8 Å². The molecule has 0 aliphatic rings. The summed E-state index contributed by atoms with van der Waals surface area (Å²) >= 11 is 1.57. The van der Waals surface area contributed by atoms with Crippen molar-refractivity contribution in [3.8, 4) is 0 Å². The van der Waals surface area contributed by atoms with E-state index in [1.807, 2.05) is 17.5 Å². The summed E-state index contributed by atoms with van der Waals surface area (Å²) in [6.07, 6.45) is -4.85. The third kappa shape index (κ3) is 6.02. The normalized spacial score (nSPS) is 13.3. The molecule has 0 aliphatic heterocycles. The first-order chi connectivity index (χ1) is 8.38. The van der Waals surface area contributed by atoms with Crippen LogP contribution in [0.2, 0.25) is 0 Å². The average molecular weight is 281 g/mol. The maximum Gasteiger partial charge on any atom is 0.411 e. The monoisotopic (exact) mass is 281 g/mol. The fraction of sp³-hybridized carbons (Fsp3) is 0.545. The average Bonchev–Trinajstić information content (AvgIpc) is 2.77. The molecule has 18 heavy (non-hydrogen) atoms. The standard InChI is InChI=1S/C11H14F3NO2S/c1-8(17-7-11(12,13)14)10(16)15-5-4-9-3-2-6-18-9/h2-3,6,8H,4-5,7H2,1H3,(H,15,16)/t8-/m0/s1. The Hall–Kier alpha value is -1.08. The molecule has 0 aromatic carbocycles. The summed E-state index contributed by atoms with van der Waals surface area (Å²) in [4.78, 5) is 12.5. The lowest BCUT2D eigenvalue weighted by atomic mass is 10.3. The smallest absolute Gasteiger partial charge is 0.359 e. The van der Waals surface area contributed by atoms with E-state index in [2.05, 4.69) is 10.1 Å². The second-order valence-corrected chi connectivity index (χ2v) is 4.72. The molecule has 1 aromatic heterocycles. The van der Waals surface area contributed by atoms with Crippen LogP contribution in [0.1, 0.15) is 11.8 Å². The Morgan fingerprint density at radius 3 is 2.83 bits per heavy atom. The van der Waals surface area contributed by atoms with E-state index in [1.54, 1.807) is 11.3 Å². The lowest BCUT2D eigenvalue weighted by Crippen LogP contribution is -2.37. The Balaban J connectivity index is 2.19. The van der Waals surface area contributed by atoms with Crippen molar-refractivity contribution in [2.24, 2.45) is 0 Å². The van der Waals surface area contributed by atoms with Gasteiger partial charge in [0.25, 0.3) is 0 Å². The molecule has 1 N–H and O–H groups in total. The second kappa shape index (κ2) is 6.75. The number of amides is 1. The molecular weight excluding hydrogens is 267 g/mol. The van der Waals surface area contributed by atoms with Gasteiger partial charge in [-0.2, -0.15) is 13.2 Å². The number of alkyl halides is 3. The van der Waals surface area contributed by atoms with Crippen LogP contribution in [0.5, 0.6) is 0 Å². The van der Waals surface area contributed by atoms with Crippen LogP contribution in [0.4, 0.5) is 13.2 Å². The van der Waals surface area contributed by atoms with Crippen LogP contribution in [0, 0.1) is 0 Å². The summed E-state index contributed by atoms with van der Waals surface area (Å²) in [5, 5.41) is 4.46. The number of hydrogen-bond donors (Lipinski definition) is 1. The molecule has 1 amide bonds. The lowest BCUT2D eigenvalue weighted by molar-refractivity contribution is -0.185. The molecule has 1 heterocycles. The minimum Gasteiger partial charge on any atom is -0.359 e. The zero-order valence-electron chi connectivity index (χ0n) is 9.79. The number of halogens is 3. The van der Waals surface area contributed by atoms with Crippen LogP contribution in [0.25, 0.3) is 0 Å². The molecule has 1 atom stereocenters. The Labute approximate surface area is 107 Å². The predicted molar refractivity (Wildman–Crippen MR) is 62.5 cm³/mol. The number of carbonyl (C=O) groups is 1. The Morgan fingerprint density at radius 2 is 2.28 bits per heavy atom. The third-order valence-corrected chi connectivity index (χ3v) is 3.05. The molecule has 3 nitrogen and oxygen atoms in total. The topological polar surface area (TPSA) is 38.3 Å². The molecule has 0 fully saturated rings. The zero-order chi connectivity index (χ0) is 13.6. The Morgan fingerprint density at radius 1 is 1.56 bits per heavy atom. The number of hydrogen-bond acceptors (Lipinski definition) is 3. The van der Waals surface area contributed by atoms with Gasteiger partial charge in [0.15, 0.2) is 0 Å². The van der Waals surface area contributed by atoms with Gasteiger partial charge in [-0.3, -0.25) is 4.79 Å². The van der Waals surface area contributed by atoms with Gasteiger partial charge in [0.05, 0.1) is 0 Å². The zero-order valence-corrected chi connectivity index (χ0v) is 10.6. The van der Waals surface area contributed by atoms with Gasteiger partial charge in [-0.25, -0.2) is 0 Å². The second-order valence-electron chi connectivity index (χ2n) is 3.69. The summed E-state index contributed by atoms with van der Waals surface area (Å²) < 4.78 is 40.0. The number of nitrogens with one attached hydrogen (secondary N) is 1. The number of carbonyl (C=O) groups excluding carboxylic acids is 1. The van der Waals surface area contributed by atoms with Gasteiger partial charge >= 0.3 is 6.18 Å². The Kier molecular flexibility index (Phi) is 5.61. The molecule has 0 bridgehead atoms. The van der Waals surface area contributed by atoms with E-state index >= 15 is 0 Å². The van der Waals surface area contributed by atoms with Crippen LogP contribution >= 0.6 is 11.3 Å². The Bertz CT molecular complexity index is 365. The summed E-state index contributed by atoms with van der Waals surface area (Å²) in [5.74, 6) is -0.532. The van der Waals surface area contributed by atoms with E-state index in [0.717, 1.165) is 4.88 Å². The molecular formula is C11H14F3NO2S. The van der Waals surface area contributed by atoms with E-state index in [-0.39, 0.29) is 0 Å². The minimum atomic E-state index is -4.41. The summed E-state index contributed by atoms with van der Waals surface area (Å²) in [6.45, 7) is 0.276. The van der Waals surface area contributed by atoms with Crippen LogP contribution in [-0.2, 0) is 16.0 Å². The fourth-order valence-corrected chi connectivity index (χ4v) is 1.91. The molecule has 1 rings (SSSR count). The van der Waals surface area contributed by atoms with Gasteiger partial charge in [0.1, 0.15) is 12.7 Å². The van der Waals surface area contributed by atoms with E-state index in [9.17, 15) is 18.0 Å². The molecule has 7 heteroatoms. The van der Waals surface area contributed by atoms with Crippen LogP contribution < -0.4 is 5.32 Å². The molecule has 0 aliphatic carbocycles. The van der Waals surface area contributed by atoms with E-state index < -0.39 is 24.8 Å². The summed E-state index contributed by atoms with van der Waals surface area (Å²) in [6, 6.07) is 3.83. The first-order valence-electron chi connectivity index (χ1n) is 5.37. The third-order valence-electron chi connectivity index (χ3n) is 2.12. The number of thiophene rings is 1. The highest BCUT2D eigenvalue weighted by atomic mass is 32.1. The number of ether oxygens (including phenoxy) is 1. The highest BCUT2D eigenvalue weighted by Gasteiger charge is 2.29. The van der Waals surface area contributed by atoms with Crippen molar-refractivity contribution in [1.29, 1.82) is 0 Å². The van der Waals surface area contributed by atoms with Gasteiger partial charge < -0.3 is 10.1 Å². The van der Waals surface area contributed by atoms with Crippen LogP contribution in [0.15, 0.2) is 17.5 Å². The van der Waals surface area contributed by atoms with Crippen molar-refractivity contribution in [2.45, 2.75) is 25.6 Å². The highest BCUT2D eigenvalue weighted by Crippen LogP contribution is 2.15. The fourth-order valence-electron chi connectivity index (χ4n) is 1.20. The maximum absolute atomic E-state index is 11.9. The summed E-state index contributed by atoms with van der Waals surface area (Å²) in [7, 11) is 0. The maximum atomic E-state index is 11.9. The predicted octanol–water partition coefficient (Wildman–Crippen LogP) is 2.37. The molecule has 1 aromatic rings. The molecule has 0 saturated carbocycles. The largest absolute Gasteiger partial charge is 0.411 e. The van der Waals surface area contributed by atoms with Gasteiger partial charge in [-0.1, -0.05) is 6.07 Å². The SMILES string of the molecule is C[C@H](OCC(F)(F)F)C(=O)NCCc1cccs1. The van der Waals surface area contributed by atoms with E-state index in [1.165, 1.54) is 6.92 Å². The van der Waals surface area contributed by atoms with E-state index in [0.29, 0.717) is 13.0 Å². The molecule has 0 unspecified atom stereocenters. The van der Waals surface area contributed by atoms with E-state index in [4.69, 9.17) is 0 Å². The van der Waals surface area contributed by atoms with Crippen molar-refractivity contribution >= 4 is 17.2 Å². The quantitative estimate of drug-likeness (QED) is 0.869. The lowest BCUT2D eigenvalue weighted by Gasteiger charge is -2.14. The molecule has 0 spiro atoms. The van der Waals surface area contributed by atoms with Crippen molar-refractivity contribution in [2.75, 3.05) is 13.2 Å². The van der Waals surface area contributed by atoms with Crippen molar-refractivity contribution < 1.29 is 22.7 Å². The highest BCUT2D eigenvalue weighted by molar-refractivity contribution is 7.09. The molecule has 0 saturated heterocycles. The van der Waals surface area contributed by atoms with Gasteiger partial charge in [0, 0.05) is 11.4 Å². The van der Waals surface area contributed by atoms with Gasteiger partial charge in [-0.15, -0.1) is 11.3 Å². The van der Waals surface area contributed by atoms with Crippen LogP contribution in [-0.4, -0.2) is 31.3 Å². The summed E-state index contributed by atoms with van der Waals surface area (Å²) in [5.41, 5.74) is 0. The molecule has 0 radical (unpaired) electrons. The van der Waals surface area contributed by atoms with Crippen molar-refractivity contribution in [3.63, 3.8) is 0 Å². The van der Waals surface area contributed by atoms with Gasteiger partial charge in [0.2, 0.25) is 5.91 Å². The van der Waals surface area contributed by atoms with Crippen molar-refractivity contribution in [3.05, 3.63) is 22.4 Å². The first kappa shape index (κ1) is 15.0.